The molecule has 120 valence electrons. The van der Waals surface area contributed by atoms with Gasteiger partial charge in [-0.05, 0) is 43.4 Å². The number of carbonyl (C=O) groups is 2. The molecular weight excluding hydrogens is 296 g/mol. The normalized spacial score (nSPS) is 18.4. The Morgan fingerprint density at radius 2 is 1.86 bits per heavy atom. The minimum atomic E-state index is -0.455. The number of thioether (sulfide) groups is 1. The molecule has 1 heterocycles. The molecular formula is C17H24N2O2S. The van der Waals surface area contributed by atoms with E-state index in [1.54, 1.807) is 16.7 Å². The third-order valence-corrected chi connectivity index (χ3v) is 4.56. The largest absolute Gasteiger partial charge is 0.330 e. The van der Waals surface area contributed by atoms with Crippen molar-refractivity contribution in [3.63, 3.8) is 0 Å². The van der Waals surface area contributed by atoms with Crippen LogP contribution < -0.4 is 5.32 Å². The average Bonchev–Trinajstić information content (AvgIpc) is 2.95. The summed E-state index contributed by atoms with van der Waals surface area (Å²) in [6.07, 6.45) is 3.63. The fraction of sp³-hybridized carbons (Fsp3) is 0.529. The fourth-order valence-corrected chi connectivity index (χ4v) is 3.02. The highest BCUT2D eigenvalue weighted by molar-refractivity contribution is 7.98. The molecule has 1 unspecified atom stereocenters. The van der Waals surface area contributed by atoms with Crippen molar-refractivity contribution in [1.29, 1.82) is 0 Å². The third-order valence-electron chi connectivity index (χ3n) is 3.82. The number of likely N-dealkylation sites (tertiary alicyclic amines) is 1. The van der Waals surface area contributed by atoms with Crippen LogP contribution in [-0.2, 0) is 9.59 Å². The number of rotatable bonds is 3. The van der Waals surface area contributed by atoms with Crippen LogP contribution in [0.3, 0.4) is 0 Å². The first-order valence-electron chi connectivity index (χ1n) is 7.59. The molecule has 2 amide bonds. The van der Waals surface area contributed by atoms with Gasteiger partial charge in [-0.25, -0.2) is 0 Å². The number of benzene rings is 1. The van der Waals surface area contributed by atoms with Crippen molar-refractivity contribution in [2.24, 2.45) is 5.41 Å². The van der Waals surface area contributed by atoms with Crippen LogP contribution in [0.5, 0.6) is 0 Å². The lowest BCUT2D eigenvalue weighted by molar-refractivity contribution is -0.143. The van der Waals surface area contributed by atoms with Crippen LogP contribution in [0.1, 0.15) is 33.6 Å². The topological polar surface area (TPSA) is 49.4 Å². The highest BCUT2D eigenvalue weighted by atomic mass is 32.2. The highest BCUT2D eigenvalue weighted by Gasteiger charge is 2.38. The third kappa shape index (κ3) is 3.83. The molecule has 0 bridgehead atoms. The minimum Gasteiger partial charge on any atom is -0.330 e. The Kier molecular flexibility index (Phi) is 5.16. The SMILES string of the molecule is CSc1ccc(NC(=O)C2CCCN2C(=O)C(C)(C)C)cc1. The van der Waals surface area contributed by atoms with Gasteiger partial charge in [0.05, 0.1) is 0 Å². The van der Waals surface area contributed by atoms with E-state index >= 15 is 0 Å². The lowest BCUT2D eigenvalue weighted by Gasteiger charge is -2.30. The number of hydrogen-bond donors (Lipinski definition) is 1. The minimum absolute atomic E-state index is 0.0443. The summed E-state index contributed by atoms with van der Waals surface area (Å²) in [5.41, 5.74) is 0.320. The van der Waals surface area contributed by atoms with Crippen LogP contribution >= 0.6 is 11.8 Å². The molecule has 0 aromatic heterocycles. The molecule has 5 heteroatoms. The molecule has 1 aliphatic heterocycles. The number of carbonyl (C=O) groups excluding carboxylic acids is 2. The van der Waals surface area contributed by atoms with E-state index in [9.17, 15) is 9.59 Å². The summed E-state index contributed by atoms with van der Waals surface area (Å²) in [5, 5.41) is 2.93. The molecule has 1 N–H and O–H groups in total. The highest BCUT2D eigenvalue weighted by Crippen LogP contribution is 2.26. The second kappa shape index (κ2) is 6.73. The van der Waals surface area contributed by atoms with Crippen molar-refractivity contribution in [3.8, 4) is 0 Å². The van der Waals surface area contributed by atoms with Gasteiger partial charge in [0.15, 0.2) is 0 Å². The Bertz CT molecular complexity index is 549. The number of nitrogens with zero attached hydrogens (tertiary/aromatic N) is 1. The van der Waals surface area contributed by atoms with E-state index in [0.717, 1.165) is 23.4 Å². The lowest BCUT2D eigenvalue weighted by atomic mass is 9.94. The molecule has 1 atom stereocenters. The fourth-order valence-electron chi connectivity index (χ4n) is 2.61. The molecule has 2 rings (SSSR count). The van der Waals surface area contributed by atoms with Gasteiger partial charge in [0.25, 0.3) is 0 Å². The molecule has 4 nitrogen and oxygen atoms in total. The molecule has 22 heavy (non-hydrogen) atoms. The van der Waals surface area contributed by atoms with Crippen molar-refractivity contribution in [2.75, 3.05) is 18.1 Å². The number of anilines is 1. The quantitative estimate of drug-likeness (QED) is 0.869. The van der Waals surface area contributed by atoms with Gasteiger partial charge in [-0.15, -0.1) is 11.8 Å². The first-order chi connectivity index (χ1) is 10.3. The van der Waals surface area contributed by atoms with Gasteiger partial charge in [-0.2, -0.15) is 0 Å². The summed E-state index contributed by atoms with van der Waals surface area (Å²) in [6.45, 7) is 6.34. The molecule has 1 aromatic rings. The predicted octanol–water partition coefficient (Wildman–Crippen LogP) is 3.38. The zero-order chi connectivity index (χ0) is 16.3. The van der Waals surface area contributed by atoms with Crippen LogP contribution in [0.15, 0.2) is 29.2 Å². The molecule has 0 spiro atoms. The van der Waals surface area contributed by atoms with Crippen LogP contribution in [0.4, 0.5) is 5.69 Å². The Morgan fingerprint density at radius 1 is 1.23 bits per heavy atom. The van der Waals surface area contributed by atoms with Crippen LogP contribution in [0, 0.1) is 5.41 Å². The first-order valence-corrected chi connectivity index (χ1v) is 8.81. The van der Waals surface area contributed by atoms with E-state index in [2.05, 4.69) is 5.32 Å². The van der Waals surface area contributed by atoms with Crippen molar-refractivity contribution in [1.82, 2.24) is 4.90 Å². The van der Waals surface area contributed by atoms with Crippen LogP contribution in [-0.4, -0.2) is 35.6 Å². The monoisotopic (exact) mass is 320 g/mol. The molecule has 1 aromatic carbocycles. The van der Waals surface area contributed by atoms with Gasteiger partial charge in [-0.1, -0.05) is 20.8 Å². The second-order valence-electron chi connectivity index (χ2n) is 6.62. The van der Waals surface area contributed by atoms with Gasteiger partial charge in [-0.3, -0.25) is 9.59 Å². The summed E-state index contributed by atoms with van der Waals surface area (Å²) in [5.74, 6) is -0.0464. The van der Waals surface area contributed by atoms with Gasteiger partial charge in [0.2, 0.25) is 11.8 Å². The summed E-state index contributed by atoms with van der Waals surface area (Å²) >= 11 is 1.66. The van der Waals surface area contributed by atoms with Gasteiger partial charge in [0.1, 0.15) is 6.04 Å². The summed E-state index contributed by atoms with van der Waals surface area (Å²) in [7, 11) is 0. The maximum absolute atomic E-state index is 12.5. The zero-order valence-corrected chi connectivity index (χ0v) is 14.5. The van der Waals surface area contributed by atoms with Gasteiger partial charge < -0.3 is 10.2 Å². The molecule has 0 saturated carbocycles. The average molecular weight is 320 g/mol. The Labute approximate surface area is 136 Å². The number of amides is 2. The van der Waals surface area contributed by atoms with E-state index in [1.165, 1.54) is 0 Å². The number of nitrogens with one attached hydrogen (secondary N) is 1. The first kappa shape index (κ1) is 16.9. The second-order valence-corrected chi connectivity index (χ2v) is 7.50. The van der Waals surface area contributed by atoms with Crippen LogP contribution in [0.2, 0.25) is 0 Å². The molecule has 1 fully saturated rings. The van der Waals surface area contributed by atoms with Crippen LogP contribution in [0.25, 0.3) is 0 Å². The molecule has 0 radical (unpaired) electrons. The zero-order valence-electron chi connectivity index (χ0n) is 13.7. The van der Waals surface area contributed by atoms with Gasteiger partial charge in [0, 0.05) is 22.5 Å². The Morgan fingerprint density at radius 3 is 2.41 bits per heavy atom. The number of hydrogen-bond acceptors (Lipinski definition) is 3. The van der Waals surface area contributed by atoms with E-state index in [-0.39, 0.29) is 17.9 Å². The van der Waals surface area contributed by atoms with Crippen molar-refractivity contribution in [2.45, 2.75) is 44.6 Å². The molecule has 0 aliphatic carbocycles. The van der Waals surface area contributed by atoms with Gasteiger partial charge >= 0.3 is 0 Å². The summed E-state index contributed by atoms with van der Waals surface area (Å²) < 4.78 is 0. The van der Waals surface area contributed by atoms with E-state index in [4.69, 9.17) is 0 Å². The van der Waals surface area contributed by atoms with Crippen molar-refractivity contribution >= 4 is 29.3 Å². The maximum Gasteiger partial charge on any atom is 0.247 e. The maximum atomic E-state index is 12.5. The summed E-state index contributed by atoms with van der Waals surface area (Å²) in [6, 6.07) is 7.40. The lowest BCUT2D eigenvalue weighted by Crippen LogP contribution is -2.47. The van der Waals surface area contributed by atoms with Crippen molar-refractivity contribution < 1.29 is 9.59 Å². The standard InChI is InChI=1S/C17H24N2O2S/c1-17(2,3)16(21)19-11-5-6-14(19)15(20)18-12-7-9-13(22-4)10-8-12/h7-10,14H,5-6,11H2,1-4H3,(H,18,20). The Hall–Kier alpha value is -1.49. The summed E-state index contributed by atoms with van der Waals surface area (Å²) in [4.78, 5) is 27.8. The van der Waals surface area contributed by atoms with E-state index in [1.807, 2.05) is 51.3 Å². The molecule has 1 aliphatic rings. The van der Waals surface area contributed by atoms with E-state index in [0.29, 0.717) is 6.54 Å². The Balaban J connectivity index is 2.06. The van der Waals surface area contributed by atoms with E-state index < -0.39 is 5.41 Å². The molecule has 1 saturated heterocycles. The van der Waals surface area contributed by atoms with Crippen molar-refractivity contribution in [3.05, 3.63) is 24.3 Å². The smallest absolute Gasteiger partial charge is 0.247 e. The predicted molar refractivity (Wildman–Crippen MR) is 91.0 cm³/mol.